The highest BCUT2D eigenvalue weighted by Gasteiger charge is 2.11. The first-order chi connectivity index (χ1) is 6.70. The van der Waals surface area contributed by atoms with Crippen molar-refractivity contribution in [3.63, 3.8) is 0 Å². The Hall–Kier alpha value is -1.71. The van der Waals surface area contributed by atoms with Crippen LogP contribution < -0.4 is 0 Å². The molecule has 0 amide bonds. The Labute approximate surface area is 82.0 Å². The van der Waals surface area contributed by atoms with Crippen LogP contribution in [-0.4, -0.2) is 15.2 Å². The van der Waals surface area contributed by atoms with Crippen LogP contribution in [0.1, 0.15) is 16.8 Å². The molecule has 0 radical (unpaired) electrons. The van der Waals surface area contributed by atoms with Crippen molar-refractivity contribution in [1.29, 1.82) is 0 Å². The monoisotopic (exact) mass is 189 g/mol. The molecule has 0 aromatic carbocycles. The lowest BCUT2D eigenvalue weighted by Gasteiger charge is -2.05. The summed E-state index contributed by atoms with van der Waals surface area (Å²) in [6, 6.07) is 0. The fraction of sp³-hybridized carbons (Fsp3) is 0.300. The average Bonchev–Trinajstić information content (AvgIpc) is 2.67. The summed E-state index contributed by atoms with van der Waals surface area (Å²) in [6.07, 6.45) is 3.14. The van der Waals surface area contributed by atoms with E-state index in [4.69, 9.17) is 4.42 Å². The summed E-state index contributed by atoms with van der Waals surface area (Å²) < 4.78 is 5.18. The SMILES string of the molecule is Cc1nnc(-c2ncco2)c(C)c1C. The van der Waals surface area contributed by atoms with Crippen LogP contribution in [0.25, 0.3) is 11.6 Å². The molecule has 14 heavy (non-hydrogen) atoms. The number of aromatic nitrogens is 3. The maximum absolute atomic E-state index is 5.18. The van der Waals surface area contributed by atoms with Crippen molar-refractivity contribution in [3.05, 3.63) is 29.3 Å². The fourth-order valence-electron chi connectivity index (χ4n) is 1.27. The Balaban J connectivity index is 2.61. The molecule has 0 aliphatic rings. The van der Waals surface area contributed by atoms with E-state index >= 15 is 0 Å². The predicted octanol–water partition coefficient (Wildman–Crippen LogP) is 2.06. The second kappa shape index (κ2) is 3.21. The van der Waals surface area contributed by atoms with E-state index < -0.39 is 0 Å². The lowest BCUT2D eigenvalue weighted by Crippen LogP contribution is -1.98. The maximum Gasteiger partial charge on any atom is 0.247 e. The van der Waals surface area contributed by atoms with Gasteiger partial charge in [0.25, 0.3) is 0 Å². The van der Waals surface area contributed by atoms with Crippen LogP contribution in [0.5, 0.6) is 0 Å². The van der Waals surface area contributed by atoms with E-state index in [2.05, 4.69) is 15.2 Å². The first kappa shape index (κ1) is 8.87. The third-order valence-electron chi connectivity index (χ3n) is 2.40. The number of hydrogen-bond donors (Lipinski definition) is 0. The van der Waals surface area contributed by atoms with Gasteiger partial charge in [0.05, 0.1) is 11.9 Å². The van der Waals surface area contributed by atoms with E-state index in [0.717, 1.165) is 22.5 Å². The predicted molar refractivity (Wildman–Crippen MR) is 51.7 cm³/mol. The first-order valence-corrected chi connectivity index (χ1v) is 4.40. The van der Waals surface area contributed by atoms with Crippen LogP contribution in [-0.2, 0) is 0 Å². The Kier molecular flexibility index (Phi) is 2.04. The second-order valence-electron chi connectivity index (χ2n) is 3.22. The zero-order valence-corrected chi connectivity index (χ0v) is 8.40. The Morgan fingerprint density at radius 3 is 2.50 bits per heavy atom. The largest absolute Gasteiger partial charge is 0.443 e. The number of oxazole rings is 1. The molecule has 0 aliphatic carbocycles. The van der Waals surface area contributed by atoms with E-state index in [-0.39, 0.29) is 0 Å². The maximum atomic E-state index is 5.18. The van der Waals surface area contributed by atoms with Gasteiger partial charge in [-0.15, -0.1) is 5.10 Å². The number of rotatable bonds is 1. The number of aryl methyl sites for hydroxylation is 1. The van der Waals surface area contributed by atoms with Crippen LogP contribution in [0.4, 0.5) is 0 Å². The third-order valence-corrected chi connectivity index (χ3v) is 2.40. The van der Waals surface area contributed by atoms with E-state index in [0.29, 0.717) is 5.89 Å². The minimum absolute atomic E-state index is 0.526. The molecule has 2 heterocycles. The molecule has 0 bridgehead atoms. The molecular formula is C10H11N3O. The van der Waals surface area contributed by atoms with Gasteiger partial charge in [-0.05, 0) is 31.9 Å². The Morgan fingerprint density at radius 1 is 1.07 bits per heavy atom. The van der Waals surface area contributed by atoms with Crippen molar-refractivity contribution in [1.82, 2.24) is 15.2 Å². The lowest BCUT2D eigenvalue weighted by atomic mass is 10.1. The lowest BCUT2D eigenvalue weighted by molar-refractivity contribution is 0.569. The van der Waals surface area contributed by atoms with Gasteiger partial charge in [0.2, 0.25) is 5.89 Å². The smallest absolute Gasteiger partial charge is 0.247 e. The molecule has 0 spiro atoms. The summed E-state index contributed by atoms with van der Waals surface area (Å²) in [5.41, 5.74) is 3.86. The highest BCUT2D eigenvalue weighted by atomic mass is 16.3. The van der Waals surface area contributed by atoms with Crippen molar-refractivity contribution in [3.8, 4) is 11.6 Å². The molecule has 72 valence electrons. The van der Waals surface area contributed by atoms with Gasteiger partial charge in [0.1, 0.15) is 6.26 Å². The molecule has 0 aliphatic heterocycles. The molecule has 0 N–H and O–H groups in total. The van der Waals surface area contributed by atoms with E-state index in [1.807, 2.05) is 20.8 Å². The first-order valence-electron chi connectivity index (χ1n) is 4.40. The minimum atomic E-state index is 0.526. The fourth-order valence-corrected chi connectivity index (χ4v) is 1.27. The zero-order valence-electron chi connectivity index (χ0n) is 8.40. The van der Waals surface area contributed by atoms with Crippen molar-refractivity contribution < 1.29 is 4.42 Å². The van der Waals surface area contributed by atoms with Crippen molar-refractivity contribution in [2.24, 2.45) is 0 Å². The summed E-state index contributed by atoms with van der Waals surface area (Å²) in [7, 11) is 0. The highest BCUT2D eigenvalue weighted by Crippen LogP contribution is 2.21. The molecule has 0 saturated carbocycles. The molecule has 2 aromatic rings. The summed E-state index contributed by atoms with van der Waals surface area (Å²) >= 11 is 0. The van der Waals surface area contributed by atoms with Gasteiger partial charge in [-0.1, -0.05) is 0 Å². The second-order valence-corrected chi connectivity index (χ2v) is 3.22. The van der Waals surface area contributed by atoms with Crippen molar-refractivity contribution in [2.45, 2.75) is 20.8 Å². The normalized spacial score (nSPS) is 10.5. The van der Waals surface area contributed by atoms with Gasteiger partial charge >= 0.3 is 0 Å². The Morgan fingerprint density at radius 2 is 1.86 bits per heavy atom. The third kappa shape index (κ3) is 1.28. The number of nitrogens with zero attached hydrogens (tertiary/aromatic N) is 3. The molecule has 4 heteroatoms. The molecule has 0 fully saturated rings. The minimum Gasteiger partial charge on any atom is -0.443 e. The molecule has 2 aromatic heterocycles. The van der Waals surface area contributed by atoms with Crippen molar-refractivity contribution in [2.75, 3.05) is 0 Å². The van der Waals surface area contributed by atoms with Crippen LogP contribution >= 0.6 is 0 Å². The summed E-state index contributed by atoms with van der Waals surface area (Å²) in [5, 5.41) is 8.12. The van der Waals surface area contributed by atoms with Gasteiger partial charge in [-0.3, -0.25) is 0 Å². The summed E-state index contributed by atoms with van der Waals surface area (Å²) in [4.78, 5) is 4.05. The van der Waals surface area contributed by atoms with Gasteiger partial charge in [0, 0.05) is 0 Å². The average molecular weight is 189 g/mol. The standard InChI is InChI=1S/C10H11N3O/c1-6-7(2)9(13-12-8(6)3)10-11-4-5-14-10/h4-5H,1-3H3. The molecule has 2 rings (SSSR count). The zero-order chi connectivity index (χ0) is 10.1. The molecular weight excluding hydrogens is 178 g/mol. The van der Waals surface area contributed by atoms with Crippen LogP contribution in [0.3, 0.4) is 0 Å². The van der Waals surface area contributed by atoms with Crippen LogP contribution in [0.2, 0.25) is 0 Å². The summed E-state index contributed by atoms with van der Waals surface area (Å²) in [5.74, 6) is 0.526. The van der Waals surface area contributed by atoms with E-state index in [1.165, 1.54) is 6.26 Å². The van der Waals surface area contributed by atoms with Gasteiger partial charge in [-0.25, -0.2) is 4.98 Å². The van der Waals surface area contributed by atoms with Gasteiger partial charge in [-0.2, -0.15) is 5.10 Å². The summed E-state index contributed by atoms with van der Waals surface area (Å²) in [6.45, 7) is 5.96. The van der Waals surface area contributed by atoms with E-state index in [9.17, 15) is 0 Å². The molecule has 0 saturated heterocycles. The topological polar surface area (TPSA) is 51.8 Å². The molecule has 0 atom stereocenters. The van der Waals surface area contributed by atoms with Crippen LogP contribution in [0.15, 0.2) is 16.9 Å². The van der Waals surface area contributed by atoms with Gasteiger partial charge < -0.3 is 4.42 Å². The molecule has 0 unspecified atom stereocenters. The number of hydrogen-bond acceptors (Lipinski definition) is 4. The van der Waals surface area contributed by atoms with Crippen LogP contribution in [0, 0.1) is 20.8 Å². The van der Waals surface area contributed by atoms with Gasteiger partial charge in [0.15, 0.2) is 5.69 Å². The quantitative estimate of drug-likeness (QED) is 0.689. The van der Waals surface area contributed by atoms with E-state index in [1.54, 1.807) is 6.20 Å². The highest BCUT2D eigenvalue weighted by molar-refractivity contribution is 5.54. The van der Waals surface area contributed by atoms with Crippen molar-refractivity contribution >= 4 is 0 Å². The Bertz CT molecular complexity index is 449. The molecule has 4 nitrogen and oxygen atoms in total.